The number of carbonyl (C=O) groups excluding carboxylic acids is 1. The Morgan fingerprint density at radius 1 is 1.25 bits per heavy atom. The smallest absolute Gasteiger partial charge is 0.154 e. The van der Waals surface area contributed by atoms with Gasteiger partial charge in [-0.05, 0) is 52.0 Å². The summed E-state index contributed by atoms with van der Waals surface area (Å²) in [5.41, 5.74) is 4.76. The number of para-hydroxylation sites is 2. The van der Waals surface area contributed by atoms with Crippen LogP contribution in [0.1, 0.15) is 25.2 Å². The molecule has 0 radical (unpaired) electrons. The molecule has 0 fully saturated rings. The number of hydrogen-bond acceptors (Lipinski definition) is 3. The number of nitrogens with one attached hydrogen (secondary N) is 1. The standard InChI is InChI=1S/C16H19N3O/c1-11(10-14(4)20)17-15-7-5-6-8-16(15)19-13(3)9-12(2)18-19/h5-10,17H,1-4H3/b11-10+. The molecule has 0 bridgehead atoms. The molecule has 2 rings (SSSR count). The Labute approximate surface area is 119 Å². The van der Waals surface area contributed by atoms with Crippen molar-refractivity contribution in [3.8, 4) is 5.69 Å². The molecule has 0 spiro atoms. The van der Waals surface area contributed by atoms with E-state index in [1.807, 2.05) is 55.8 Å². The molecule has 0 saturated heterocycles. The third-order valence-electron chi connectivity index (χ3n) is 2.89. The van der Waals surface area contributed by atoms with Gasteiger partial charge in [-0.15, -0.1) is 0 Å². The molecular weight excluding hydrogens is 250 g/mol. The highest BCUT2D eigenvalue weighted by Crippen LogP contribution is 2.22. The highest BCUT2D eigenvalue weighted by Gasteiger charge is 2.08. The van der Waals surface area contributed by atoms with Gasteiger partial charge in [0.05, 0.1) is 17.1 Å². The number of nitrogens with zero attached hydrogens (tertiary/aromatic N) is 2. The van der Waals surface area contributed by atoms with Gasteiger partial charge in [0.2, 0.25) is 0 Å². The molecule has 4 nitrogen and oxygen atoms in total. The zero-order chi connectivity index (χ0) is 14.7. The summed E-state index contributed by atoms with van der Waals surface area (Å²) < 4.78 is 1.90. The second-order valence-electron chi connectivity index (χ2n) is 4.92. The van der Waals surface area contributed by atoms with Gasteiger partial charge < -0.3 is 5.32 Å². The molecule has 1 aromatic carbocycles. The molecular formula is C16H19N3O. The van der Waals surface area contributed by atoms with E-state index in [1.54, 1.807) is 6.08 Å². The number of rotatable bonds is 4. The molecule has 20 heavy (non-hydrogen) atoms. The van der Waals surface area contributed by atoms with Crippen LogP contribution in [-0.2, 0) is 4.79 Å². The summed E-state index contributed by atoms with van der Waals surface area (Å²) in [5.74, 6) is 0.0265. The Bertz CT molecular complexity index is 668. The van der Waals surface area contributed by atoms with E-state index in [1.165, 1.54) is 6.92 Å². The van der Waals surface area contributed by atoms with Gasteiger partial charge in [0.15, 0.2) is 5.78 Å². The van der Waals surface area contributed by atoms with Crippen LogP contribution in [-0.4, -0.2) is 15.6 Å². The van der Waals surface area contributed by atoms with Crippen LogP contribution in [0, 0.1) is 13.8 Å². The third kappa shape index (κ3) is 3.15. The second-order valence-corrected chi connectivity index (χ2v) is 4.92. The molecule has 0 aliphatic carbocycles. The van der Waals surface area contributed by atoms with E-state index >= 15 is 0 Å². The minimum atomic E-state index is 0.0265. The van der Waals surface area contributed by atoms with Crippen LogP contribution in [0.4, 0.5) is 5.69 Å². The van der Waals surface area contributed by atoms with Crippen molar-refractivity contribution >= 4 is 11.5 Å². The summed E-state index contributed by atoms with van der Waals surface area (Å²) in [4.78, 5) is 11.1. The lowest BCUT2D eigenvalue weighted by Gasteiger charge is -2.13. The zero-order valence-corrected chi connectivity index (χ0v) is 12.3. The normalized spacial score (nSPS) is 11.5. The van der Waals surface area contributed by atoms with Crippen molar-refractivity contribution in [3.05, 3.63) is 53.5 Å². The highest BCUT2D eigenvalue weighted by molar-refractivity contribution is 5.88. The van der Waals surface area contributed by atoms with E-state index in [2.05, 4.69) is 10.4 Å². The first-order valence-corrected chi connectivity index (χ1v) is 6.56. The Balaban J connectivity index is 2.41. The van der Waals surface area contributed by atoms with Crippen molar-refractivity contribution in [2.45, 2.75) is 27.7 Å². The number of allylic oxidation sites excluding steroid dienone is 2. The van der Waals surface area contributed by atoms with Gasteiger partial charge >= 0.3 is 0 Å². The minimum Gasteiger partial charge on any atom is -0.357 e. The van der Waals surface area contributed by atoms with Gasteiger partial charge in [0, 0.05) is 11.4 Å². The summed E-state index contributed by atoms with van der Waals surface area (Å²) in [6.45, 7) is 7.41. The molecule has 1 aromatic heterocycles. The van der Waals surface area contributed by atoms with Crippen LogP contribution in [0.5, 0.6) is 0 Å². The van der Waals surface area contributed by atoms with Gasteiger partial charge in [0.1, 0.15) is 0 Å². The number of anilines is 1. The zero-order valence-electron chi connectivity index (χ0n) is 12.3. The van der Waals surface area contributed by atoms with Crippen molar-refractivity contribution < 1.29 is 4.79 Å². The molecule has 0 aliphatic rings. The average molecular weight is 269 g/mol. The predicted molar refractivity (Wildman–Crippen MR) is 81.1 cm³/mol. The summed E-state index contributed by atoms with van der Waals surface area (Å²) in [6.07, 6.45) is 1.58. The largest absolute Gasteiger partial charge is 0.357 e. The van der Waals surface area contributed by atoms with Gasteiger partial charge in [-0.2, -0.15) is 5.10 Å². The maximum absolute atomic E-state index is 11.1. The SMILES string of the molecule is CC(=O)/C=C(\C)Nc1ccccc1-n1nc(C)cc1C. The Morgan fingerprint density at radius 3 is 2.55 bits per heavy atom. The Kier molecular flexibility index (Phi) is 4.03. The minimum absolute atomic E-state index is 0.0265. The van der Waals surface area contributed by atoms with E-state index in [0.29, 0.717) is 0 Å². The number of benzene rings is 1. The van der Waals surface area contributed by atoms with Crippen LogP contribution in [0.15, 0.2) is 42.1 Å². The Hall–Kier alpha value is -2.36. The van der Waals surface area contributed by atoms with E-state index in [4.69, 9.17) is 0 Å². The van der Waals surface area contributed by atoms with Crippen LogP contribution >= 0.6 is 0 Å². The summed E-state index contributed by atoms with van der Waals surface area (Å²) in [6, 6.07) is 9.95. The Morgan fingerprint density at radius 2 is 1.95 bits per heavy atom. The average Bonchev–Trinajstić information content (AvgIpc) is 2.68. The number of ketones is 1. The molecule has 0 amide bonds. The fraction of sp³-hybridized carbons (Fsp3) is 0.250. The third-order valence-corrected chi connectivity index (χ3v) is 2.89. The van der Waals surface area contributed by atoms with Gasteiger partial charge in [0.25, 0.3) is 0 Å². The van der Waals surface area contributed by atoms with Crippen LogP contribution in [0.2, 0.25) is 0 Å². The molecule has 0 atom stereocenters. The second kappa shape index (κ2) is 5.74. The molecule has 0 saturated carbocycles. The van der Waals surface area contributed by atoms with Crippen molar-refractivity contribution in [1.29, 1.82) is 0 Å². The van der Waals surface area contributed by atoms with Crippen LogP contribution in [0.3, 0.4) is 0 Å². The number of aromatic nitrogens is 2. The van der Waals surface area contributed by atoms with E-state index in [9.17, 15) is 4.79 Å². The lowest BCUT2D eigenvalue weighted by Crippen LogP contribution is -2.06. The monoisotopic (exact) mass is 269 g/mol. The predicted octanol–water partition coefficient (Wildman–Crippen LogP) is 3.39. The highest BCUT2D eigenvalue weighted by atomic mass is 16.1. The van der Waals surface area contributed by atoms with Crippen molar-refractivity contribution in [2.75, 3.05) is 5.32 Å². The molecule has 4 heteroatoms. The summed E-state index contributed by atoms with van der Waals surface area (Å²) >= 11 is 0. The molecule has 0 unspecified atom stereocenters. The number of aryl methyl sites for hydroxylation is 2. The van der Waals surface area contributed by atoms with Crippen molar-refractivity contribution in [3.63, 3.8) is 0 Å². The van der Waals surface area contributed by atoms with Crippen molar-refractivity contribution in [2.24, 2.45) is 0 Å². The van der Waals surface area contributed by atoms with Gasteiger partial charge in [-0.3, -0.25) is 4.79 Å². The molecule has 104 valence electrons. The fourth-order valence-electron chi connectivity index (χ4n) is 2.19. The van der Waals surface area contributed by atoms with E-state index in [0.717, 1.165) is 28.5 Å². The maximum Gasteiger partial charge on any atom is 0.154 e. The lowest BCUT2D eigenvalue weighted by molar-refractivity contribution is -0.112. The summed E-state index contributed by atoms with van der Waals surface area (Å²) in [7, 11) is 0. The maximum atomic E-state index is 11.1. The first kappa shape index (κ1) is 14.1. The molecule has 2 aromatic rings. The number of hydrogen-bond donors (Lipinski definition) is 1. The van der Waals surface area contributed by atoms with Crippen molar-refractivity contribution in [1.82, 2.24) is 9.78 Å². The summed E-state index contributed by atoms with van der Waals surface area (Å²) in [5, 5.41) is 7.76. The molecule has 1 heterocycles. The molecule has 0 aliphatic heterocycles. The van der Waals surface area contributed by atoms with Crippen LogP contribution < -0.4 is 5.32 Å². The van der Waals surface area contributed by atoms with Gasteiger partial charge in [-0.25, -0.2) is 4.68 Å². The topological polar surface area (TPSA) is 46.9 Å². The van der Waals surface area contributed by atoms with Gasteiger partial charge in [-0.1, -0.05) is 12.1 Å². The fourth-order valence-corrected chi connectivity index (χ4v) is 2.19. The van der Waals surface area contributed by atoms with E-state index < -0.39 is 0 Å². The van der Waals surface area contributed by atoms with Crippen LogP contribution in [0.25, 0.3) is 5.69 Å². The number of carbonyl (C=O) groups is 1. The first-order valence-electron chi connectivity index (χ1n) is 6.56. The lowest BCUT2D eigenvalue weighted by atomic mass is 10.2. The molecule has 1 N–H and O–H groups in total. The first-order chi connectivity index (χ1) is 9.47. The van der Waals surface area contributed by atoms with E-state index in [-0.39, 0.29) is 5.78 Å². The quantitative estimate of drug-likeness (QED) is 0.865.